The molecule has 1 fully saturated rings. The van der Waals surface area contributed by atoms with E-state index >= 15 is 0 Å². The van der Waals surface area contributed by atoms with Crippen molar-refractivity contribution in [2.75, 3.05) is 19.6 Å². The fourth-order valence-electron chi connectivity index (χ4n) is 2.47. The minimum Gasteiger partial charge on any atom is -0.329 e. The van der Waals surface area contributed by atoms with Gasteiger partial charge in [0.1, 0.15) is 0 Å². The molecule has 0 saturated carbocycles. The van der Waals surface area contributed by atoms with Crippen molar-refractivity contribution in [3.8, 4) is 0 Å². The lowest BCUT2D eigenvalue weighted by Crippen LogP contribution is -2.31. The summed E-state index contributed by atoms with van der Waals surface area (Å²) in [5.74, 6) is 0.773. The Morgan fingerprint density at radius 2 is 2.35 bits per heavy atom. The van der Waals surface area contributed by atoms with E-state index in [1.807, 2.05) is 12.1 Å². The highest BCUT2D eigenvalue weighted by Crippen LogP contribution is 2.31. The average Bonchev–Trinajstić information content (AvgIpc) is 2.71. The molecular formula is C13H18BrClN2. The summed E-state index contributed by atoms with van der Waals surface area (Å²) in [6.45, 7) is 5.21. The monoisotopic (exact) mass is 316 g/mol. The SMILES string of the molecule is CC1CCN(C(CN)c2ccc(Br)c(Cl)c2)C1. The van der Waals surface area contributed by atoms with Crippen molar-refractivity contribution < 1.29 is 0 Å². The highest BCUT2D eigenvalue weighted by molar-refractivity contribution is 9.10. The van der Waals surface area contributed by atoms with E-state index in [1.165, 1.54) is 12.0 Å². The number of hydrogen-bond donors (Lipinski definition) is 1. The van der Waals surface area contributed by atoms with Gasteiger partial charge in [-0.25, -0.2) is 0 Å². The van der Waals surface area contributed by atoms with Crippen molar-refractivity contribution in [3.63, 3.8) is 0 Å². The smallest absolute Gasteiger partial charge is 0.0551 e. The van der Waals surface area contributed by atoms with Crippen molar-refractivity contribution in [1.82, 2.24) is 4.90 Å². The normalized spacial score (nSPS) is 22.9. The van der Waals surface area contributed by atoms with Crippen LogP contribution in [0.2, 0.25) is 5.02 Å². The Kier molecular flexibility index (Phi) is 4.47. The third-order valence-corrected chi connectivity index (χ3v) is 4.68. The fraction of sp³-hybridized carbons (Fsp3) is 0.538. The second-order valence-corrected chi connectivity index (χ2v) is 6.08. The molecule has 2 N–H and O–H groups in total. The molecule has 1 aromatic rings. The number of nitrogens with two attached hydrogens (primary N) is 1. The molecule has 2 unspecified atom stereocenters. The summed E-state index contributed by atoms with van der Waals surface area (Å²) in [4.78, 5) is 2.46. The van der Waals surface area contributed by atoms with Gasteiger partial charge in [0.15, 0.2) is 0 Å². The largest absolute Gasteiger partial charge is 0.329 e. The van der Waals surface area contributed by atoms with Crippen molar-refractivity contribution in [3.05, 3.63) is 33.3 Å². The maximum absolute atomic E-state index is 6.14. The van der Waals surface area contributed by atoms with Gasteiger partial charge in [-0.3, -0.25) is 4.90 Å². The molecule has 2 rings (SSSR count). The van der Waals surface area contributed by atoms with Crippen LogP contribution in [0.25, 0.3) is 0 Å². The lowest BCUT2D eigenvalue weighted by atomic mass is 10.1. The predicted molar refractivity (Wildman–Crippen MR) is 76.3 cm³/mol. The van der Waals surface area contributed by atoms with E-state index in [2.05, 4.69) is 33.8 Å². The highest BCUT2D eigenvalue weighted by atomic mass is 79.9. The Morgan fingerprint density at radius 3 is 2.88 bits per heavy atom. The van der Waals surface area contributed by atoms with Gasteiger partial charge in [0.25, 0.3) is 0 Å². The number of halogens is 2. The lowest BCUT2D eigenvalue weighted by Gasteiger charge is -2.27. The summed E-state index contributed by atoms with van der Waals surface area (Å²) in [5.41, 5.74) is 7.14. The zero-order valence-electron chi connectivity index (χ0n) is 10.00. The molecule has 0 aromatic heterocycles. The van der Waals surface area contributed by atoms with Gasteiger partial charge in [0.2, 0.25) is 0 Å². The van der Waals surface area contributed by atoms with Crippen LogP contribution in [0.5, 0.6) is 0 Å². The van der Waals surface area contributed by atoms with Crippen LogP contribution in [0.3, 0.4) is 0 Å². The van der Waals surface area contributed by atoms with Crippen LogP contribution in [0.4, 0.5) is 0 Å². The van der Waals surface area contributed by atoms with Crippen LogP contribution in [0.1, 0.15) is 24.9 Å². The van der Waals surface area contributed by atoms with Crippen molar-refractivity contribution in [1.29, 1.82) is 0 Å². The fourth-order valence-corrected chi connectivity index (χ4v) is 2.90. The van der Waals surface area contributed by atoms with E-state index in [9.17, 15) is 0 Å². The summed E-state index contributed by atoms with van der Waals surface area (Å²) < 4.78 is 0.938. The number of hydrogen-bond acceptors (Lipinski definition) is 2. The maximum atomic E-state index is 6.14. The average molecular weight is 318 g/mol. The van der Waals surface area contributed by atoms with E-state index in [0.29, 0.717) is 12.6 Å². The Balaban J connectivity index is 2.20. The lowest BCUT2D eigenvalue weighted by molar-refractivity contribution is 0.244. The zero-order valence-corrected chi connectivity index (χ0v) is 12.3. The standard InChI is InChI=1S/C13H18BrClN2/c1-9-4-5-17(8-9)13(7-16)10-2-3-11(14)12(15)6-10/h2-3,6,9,13H,4-5,7-8,16H2,1H3. The Morgan fingerprint density at radius 1 is 1.59 bits per heavy atom. The molecule has 1 aliphatic rings. The molecule has 4 heteroatoms. The Hall–Kier alpha value is -0.0900. The summed E-state index contributed by atoms with van der Waals surface area (Å²) in [7, 11) is 0. The summed E-state index contributed by atoms with van der Waals surface area (Å²) in [6, 6.07) is 6.42. The molecule has 1 heterocycles. The van der Waals surface area contributed by atoms with E-state index in [0.717, 1.165) is 28.5 Å². The number of nitrogens with zero attached hydrogens (tertiary/aromatic N) is 1. The minimum atomic E-state index is 0.297. The van der Waals surface area contributed by atoms with Crippen molar-refractivity contribution in [2.24, 2.45) is 11.7 Å². The molecule has 0 aliphatic carbocycles. The molecule has 1 saturated heterocycles. The number of rotatable bonds is 3. The third kappa shape index (κ3) is 3.02. The van der Waals surface area contributed by atoms with Gasteiger partial charge in [-0.15, -0.1) is 0 Å². The quantitative estimate of drug-likeness (QED) is 0.925. The topological polar surface area (TPSA) is 29.3 Å². The van der Waals surface area contributed by atoms with E-state index in [4.69, 9.17) is 17.3 Å². The van der Waals surface area contributed by atoms with Crippen LogP contribution >= 0.6 is 27.5 Å². The van der Waals surface area contributed by atoms with Crippen LogP contribution in [0.15, 0.2) is 22.7 Å². The third-order valence-electron chi connectivity index (χ3n) is 3.45. The summed E-state index contributed by atoms with van der Waals surface area (Å²) >= 11 is 9.56. The first-order valence-corrected chi connectivity index (χ1v) is 7.18. The molecule has 1 aromatic carbocycles. The second kappa shape index (κ2) is 5.70. The van der Waals surface area contributed by atoms with Gasteiger partial charge in [-0.1, -0.05) is 24.6 Å². The summed E-state index contributed by atoms with van der Waals surface area (Å²) in [5, 5.41) is 0.758. The number of likely N-dealkylation sites (tertiary alicyclic amines) is 1. The molecule has 1 aliphatic heterocycles. The van der Waals surface area contributed by atoms with Gasteiger partial charge >= 0.3 is 0 Å². The molecule has 0 amide bonds. The van der Waals surface area contributed by atoms with Gasteiger partial charge in [-0.2, -0.15) is 0 Å². The van der Waals surface area contributed by atoms with Gasteiger partial charge in [0, 0.05) is 23.6 Å². The molecule has 2 nitrogen and oxygen atoms in total. The van der Waals surface area contributed by atoms with Crippen molar-refractivity contribution in [2.45, 2.75) is 19.4 Å². The molecule has 94 valence electrons. The minimum absolute atomic E-state index is 0.297. The van der Waals surface area contributed by atoms with Crippen LogP contribution in [-0.2, 0) is 0 Å². The highest BCUT2D eigenvalue weighted by Gasteiger charge is 2.26. The first kappa shape index (κ1) is 13.3. The van der Waals surface area contributed by atoms with Crippen LogP contribution in [0, 0.1) is 5.92 Å². The second-order valence-electron chi connectivity index (χ2n) is 4.81. The van der Waals surface area contributed by atoms with E-state index in [1.54, 1.807) is 0 Å². The molecule has 2 atom stereocenters. The Bertz CT molecular complexity index is 397. The number of benzene rings is 1. The van der Waals surface area contributed by atoms with Gasteiger partial charge < -0.3 is 5.73 Å². The molecule has 0 radical (unpaired) electrons. The van der Waals surface area contributed by atoms with Crippen LogP contribution in [-0.4, -0.2) is 24.5 Å². The molecule has 17 heavy (non-hydrogen) atoms. The first-order chi connectivity index (χ1) is 8.11. The zero-order chi connectivity index (χ0) is 12.4. The predicted octanol–water partition coefficient (Wildman–Crippen LogP) is 3.44. The van der Waals surface area contributed by atoms with Gasteiger partial charge in [-0.05, 0) is 52.5 Å². The van der Waals surface area contributed by atoms with E-state index in [-0.39, 0.29) is 0 Å². The molecular weight excluding hydrogens is 300 g/mol. The summed E-state index contributed by atoms with van der Waals surface area (Å²) in [6.07, 6.45) is 1.26. The molecule has 0 spiro atoms. The van der Waals surface area contributed by atoms with Crippen molar-refractivity contribution >= 4 is 27.5 Å². The van der Waals surface area contributed by atoms with E-state index < -0.39 is 0 Å². The Labute approximate surface area is 116 Å². The van der Waals surface area contributed by atoms with Crippen LogP contribution < -0.4 is 5.73 Å². The maximum Gasteiger partial charge on any atom is 0.0551 e. The molecule has 0 bridgehead atoms. The first-order valence-electron chi connectivity index (χ1n) is 6.01. The van der Waals surface area contributed by atoms with Gasteiger partial charge in [0.05, 0.1) is 5.02 Å².